The van der Waals surface area contributed by atoms with E-state index in [1.807, 2.05) is 18.2 Å². The number of benzene rings is 1. The second kappa shape index (κ2) is 8.02. The number of ether oxygens (including phenoxy) is 1. The SMILES string of the molecule is N#Cc1c2c(c(NCCC[NH+]3CCOCC3)n3c1nc1ccccc13)CCCC2. The Balaban J connectivity index is 1.51. The van der Waals surface area contributed by atoms with Gasteiger partial charge in [-0.25, -0.2) is 4.98 Å². The minimum absolute atomic E-state index is 0.763. The van der Waals surface area contributed by atoms with Gasteiger partial charge in [0.1, 0.15) is 25.0 Å². The average molecular weight is 391 g/mol. The predicted molar refractivity (Wildman–Crippen MR) is 114 cm³/mol. The first-order valence-corrected chi connectivity index (χ1v) is 10.9. The molecule has 1 aromatic carbocycles. The third-order valence-electron chi connectivity index (χ3n) is 6.37. The normalized spacial score (nSPS) is 17.3. The van der Waals surface area contributed by atoms with Crippen molar-refractivity contribution in [3.63, 3.8) is 0 Å². The van der Waals surface area contributed by atoms with E-state index < -0.39 is 0 Å². The third kappa shape index (κ3) is 3.35. The van der Waals surface area contributed by atoms with Crippen LogP contribution in [0.25, 0.3) is 16.7 Å². The van der Waals surface area contributed by atoms with Gasteiger partial charge in [0.05, 0.1) is 36.4 Å². The summed E-state index contributed by atoms with van der Waals surface area (Å²) in [5, 5.41) is 13.7. The Bertz CT molecular complexity index is 1070. The highest BCUT2D eigenvalue weighted by Crippen LogP contribution is 2.35. The fraction of sp³-hybridized carbons (Fsp3) is 0.478. The minimum atomic E-state index is 0.763. The Hall–Kier alpha value is -2.62. The molecule has 2 aliphatic rings. The highest BCUT2D eigenvalue weighted by Gasteiger charge is 2.24. The standard InChI is InChI=1S/C23H27N5O/c24-16-19-17-6-1-2-7-18(17)22(25-10-5-11-27-12-14-29-15-13-27)28-21-9-4-3-8-20(21)26-23(19)28/h3-4,8-9,25H,1-2,5-7,10-15H2/p+1. The van der Waals surface area contributed by atoms with E-state index in [1.54, 1.807) is 4.90 Å². The van der Waals surface area contributed by atoms with Crippen LogP contribution in [0.4, 0.5) is 5.82 Å². The molecule has 6 nitrogen and oxygen atoms in total. The van der Waals surface area contributed by atoms with Crippen molar-refractivity contribution < 1.29 is 9.64 Å². The topological polar surface area (TPSA) is 66.8 Å². The van der Waals surface area contributed by atoms with E-state index in [9.17, 15) is 5.26 Å². The van der Waals surface area contributed by atoms with Gasteiger partial charge in [-0.2, -0.15) is 5.26 Å². The smallest absolute Gasteiger partial charge is 0.157 e. The van der Waals surface area contributed by atoms with Crippen LogP contribution in [0.5, 0.6) is 0 Å². The van der Waals surface area contributed by atoms with Gasteiger partial charge in [-0.1, -0.05) is 12.1 Å². The first-order chi connectivity index (χ1) is 14.4. The summed E-state index contributed by atoms with van der Waals surface area (Å²) < 4.78 is 7.66. The van der Waals surface area contributed by atoms with Crippen molar-refractivity contribution in [3.05, 3.63) is 41.0 Å². The maximum Gasteiger partial charge on any atom is 0.157 e. The number of pyridine rings is 1. The number of hydrogen-bond donors (Lipinski definition) is 2. The largest absolute Gasteiger partial charge is 0.371 e. The zero-order valence-corrected chi connectivity index (χ0v) is 16.8. The van der Waals surface area contributed by atoms with Crippen molar-refractivity contribution >= 4 is 22.5 Å². The predicted octanol–water partition coefficient (Wildman–Crippen LogP) is 1.96. The van der Waals surface area contributed by atoms with Crippen LogP contribution in [0.15, 0.2) is 24.3 Å². The zero-order chi connectivity index (χ0) is 19.6. The summed E-state index contributed by atoms with van der Waals surface area (Å²) in [6.07, 6.45) is 5.47. The van der Waals surface area contributed by atoms with Crippen LogP contribution in [0.3, 0.4) is 0 Å². The molecule has 29 heavy (non-hydrogen) atoms. The first kappa shape index (κ1) is 18.4. The molecule has 2 N–H and O–H groups in total. The van der Waals surface area contributed by atoms with Crippen molar-refractivity contribution in [1.29, 1.82) is 5.26 Å². The van der Waals surface area contributed by atoms with Gasteiger partial charge in [0, 0.05) is 13.0 Å². The van der Waals surface area contributed by atoms with Gasteiger partial charge in [0.25, 0.3) is 0 Å². The van der Waals surface area contributed by atoms with Gasteiger partial charge in [-0.15, -0.1) is 0 Å². The zero-order valence-electron chi connectivity index (χ0n) is 16.8. The molecule has 0 spiro atoms. The Labute approximate surface area is 171 Å². The lowest BCUT2D eigenvalue weighted by Crippen LogP contribution is -3.14. The third-order valence-corrected chi connectivity index (χ3v) is 6.37. The second-order valence-electron chi connectivity index (χ2n) is 8.15. The molecule has 0 saturated carbocycles. The maximum absolute atomic E-state index is 9.93. The van der Waals surface area contributed by atoms with E-state index in [0.717, 1.165) is 86.6 Å². The van der Waals surface area contributed by atoms with Crippen molar-refractivity contribution in [1.82, 2.24) is 9.38 Å². The Morgan fingerprint density at radius 2 is 1.93 bits per heavy atom. The molecule has 5 rings (SSSR count). The molecule has 6 heteroatoms. The second-order valence-corrected chi connectivity index (χ2v) is 8.15. The lowest BCUT2D eigenvalue weighted by molar-refractivity contribution is -0.908. The molecule has 0 amide bonds. The number of imidazole rings is 1. The van der Waals surface area contributed by atoms with E-state index in [1.165, 1.54) is 24.1 Å². The Morgan fingerprint density at radius 3 is 2.76 bits per heavy atom. The van der Waals surface area contributed by atoms with E-state index in [4.69, 9.17) is 9.72 Å². The van der Waals surface area contributed by atoms with Crippen LogP contribution in [0, 0.1) is 11.3 Å². The molecule has 1 aliphatic carbocycles. The Kier molecular flexibility index (Phi) is 5.09. The molecule has 150 valence electrons. The number of rotatable bonds is 5. The lowest BCUT2D eigenvalue weighted by Gasteiger charge is -2.25. The van der Waals surface area contributed by atoms with E-state index in [-0.39, 0.29) is 0 Å². The fourth-order valence-corrected chi connectivity index (χ4v) is 4.89. The number of anilines is 1. The molecule has 1 saturated heterocycles. The van der Waals surface area contributed by atoms with Crippen molar-refractivity contribution in [2.45, 2.75) is 32.1 Å². The van der Waals surface area contributed by atoms with Crippen LogP contribution < -0.4 is 10.2 Å². The molecule has 0 bridgehead atoms. The number of para-hydroxylation sites is 2. The van der Waals surface area contributed by atoms with E-state index >= 15 is 0 Å². The van der Waals surface area contributed by atoms with Crippen molar-refractivity contribution in [3.8, 4) is 6.07 Å². The number of nitrogens with zero attached hydrogens (tertiary/aromatic N) is 3. The number of hydrogen-bond acceptors (Lipinski definition) is 4. The van der Waals surface area contributed by atoms with Crippen LogP contribution in [0.1, 0.15) is 36.0 Å². The summed E-state index contributed by atoms with van der Waals surface area (Å²) in [5.74, 6) is 1.15. The highest BCUT2D eigenvalue weighted by molar-refractivity contribution is 5.86. The van der Waals surface area contributed by atoms with Crippen molar-refractivity contribution in [2.24, 2.45) is 0 Å². The molecular formula is C23H28N5O+. The summed E-state index contributed by atoms with van der Waals surface area (Å²) >= 11 is 0. The lowest BCUT2D eigenvalue weighted by atomic mass is 9.89. The summed E-state index contributed by atoms with van der Waals surface area (Å²) in [6, 6.07) is 10.7. The molecule has 0 radical (unpaired) electrons. The summed E-state index contributed by atoms with van der Waals surface area (Å²) in [6.45, 7) is 6.10. The molecule has 1 aliphatic heterocycles. The van der Waals surface area contributed by atoms with Crippen LogP contribution in [-0.2, 0) is 17.6 Å². The quantitative estimate of drug-likeness (QED) is 0.654. The minimum Gasteiger partial charge on any atom is -0.371 e. The average Bonchev–Trinajstić information content (AvgIpc) is 3.16. The van der Waals surface area contributed by atoms with Gasteiger partial charge in [0.2, 0.25) is 0 Å². The van der Waals surface area contributed by atoms with Gasteiger partial charge in [-0.05, 0) is 48.9 Å². The summed E-state index contributed by atoms with van der Waals surface area (Å²) in [7, 11) is 0. The van der Waals surface area contributed by atoms with Crippen LogP contribution in [-0.4, -0.2) is 48.8 Å². The number of nitriles is 1. The molecule has 0 atom stereocenters. The molecule has 1 fully saturated rings. The van der Waals surface area contributed by atoms with Gasteiger partial charge < -0.3 is 15.0 Å². The first-order valence-electron chi connectivity index (χ1n) is 10.9. The number of nitrogens with one attached hydrogen (secondary N) is 2. The number of quaternary nitrogens is 1. The molecule has 3 aromatic rings. The van der Waals surface area contributed by atoms with E-state index in [0.29, 0.717) is 0 Å². The molecule has 3 heterocycles. The van der Waals surface area contributed by atoms with Crippen LogP contribution in [0.2, 0.25) is 0 Å². The fourth-order valence-electron chi connectivity index (χ4n) is 4.89. The van der Waals surface area contributed by atoms with E-state index in [2.05, 4.69) is 21.9 Å². The summed E-state index contributed by atoms with van der Waals surface area (Å²) in [4.78, 5) is 6.48. The Morgan fingerprint density at radius 1 is 1.14 bits per heavy atom. The highest BCUT2D eigenvalue weighted by atomic mass is 16.5. The maximum atomic E-state index is 9.93. The molecular weight excluding hydrogens is 362 g/mol. The number of fused-ring (bicyclic) bond motifs is 4. The monoisotopic (exact) mass is 390 g/mol. The van der Waals surface area contributed by atoms with Gasteiger partial charge in [0.15, 0.2) is 5.65 Å². The summed E-state index contributed by atoms with van der Waals surface area (Å²) in [5.41, 5.74) is 6.13. The molecule has 2 aromatic heterocycles. The van der Waals surface area contributed by atoms with Gasteiger partial charge >= 0.3 is 0 Å². The number of aromatic nitrogens is 2. The number of morpholine rings is 1. The molecule has 0 unspecified atom stereocenters. The van der Waals surface area contributed by atoms with Gasteiger partial charge in [-0.3, -0.25) is 4.40 Å². The van der Waals surface area contributed by atoms with Crippen molar-refractivity contribution in [2.75, 3.05) is 44.7 Å². The van der Waals surface area contributed by atoms with Crippen LogP contribution >= 0.6 is 0 Å².